The molecule has 0 fully saturated rings. The first-order chi connectivity index (χ1) is 15.7. The molecule has 0 bridgehead atoms. The minimum atomic E-state index is -1.60. The van der Waals surface area contributed by atoms with Crippen molar-refractivity contribution in [2.45, 2.75) is 11.8 Å². The van der Waals surface area contributed by atoms with Crippen molar-refractivity contribution >= 4 is 35.4 Å². The zero-order valence-electron chi connectivity index (χ0n) is 19.5. The summed E-state index contributed by atoms with van der Waals surface area (Å²) in [5.41, 5.74) is -1.68. The predicted molar refractivity (Wildman–Crippen MR) is 102 cm³/mol. The number of rotatable bonds is 8. The van der Waals surface area contributed by atoms with E-state index in [1.54, 1.807) is 0 Å². The van der Waals surface area contributed by atoms with Crippen molar-refractivity contribution in [1.82, 2.24) is 4.98 Å². The third-order valence-corrected chi connectivity index (χ3v) is 4.85. The van der Waals surface area contributed by atoms with Crippen LogP contribution in [-0.4, -0.2) is 22.0 Å². The molecule has 36 heavy (non-hydrogen) atoms. The fraction of sp³-hybridized carbons (Fsp3) is 0.0526. The Morgan fingerprint density at radius 1 is 1.11 bits per heavy atom. The first kappa shape index (κ1) is 34.9. The van der Waals surface area contributed by atoms with Crippen LogP contribution in [0.15, 0.2) is 62.6 Å². The molecule has 0 unspecified atom stereocenters. The monoisotopic (exact) mass is 541 g/mol. The Morgan fingerprint density at radius 3 is 2.42 bits per heavy atom. The quantitative estimate of drug-likeness (QED) is 0.0688. The van der Waals surface area contributed by atoms with E-state index in [1.165, 1.54) is 42.0 Å². The van der Waals surface area contributed by atoms with Crippen LogP contribution in [0.3, 0.4) is 0 Å². The molecule has 0 aliphatic carbocycles. The van der Waals surface area contributed by atoms with Crippen molar-refractivity contribution in [3.63, 3.8) is 0 Å². The van der Waals surface area contributed by atoms with Crippen LogP contribution in [0.4, 0.5) is 11.4 Å². The Hall–Kier alpha value is -1.11. The molecule has 0 atom stereocenters. The standard InChI is InChI=1S/C19H14N4O9S.3Na/c1-9-14(22-21-13-5-4-11(33-32-31-30)7-12(13)19(28)29)16(24)20-17(25)15(9)23-6-2-3-10(8-23)18(26)27;;;/h2-8H,1H3,(H4-,20,21,24,25,26,27,28,29,30);;;/q;3*+1/p-2. The third kappa shape index (κ3) is 8.46. The Bertz CT molecular complexity index is 1340. The number of benzene rings is 1. The molecule has 2 heterocycles. The van der Waals surface area contributed by atoms with Gasteiger partial charge in [0.15, 0.2) is 18.1 Å². The average molecular weight is 541 g/mol. The van der Waals surface area contributed by atoms with Crippen molar-refractivity contribution in [2.24, 2.45) is 10.2 Å². The van der Waals surface area contributed by atoms with Gasteiger partial charge in [-0.05, 0) is 31.2 Å². The summed E-state index contributed by atoms with van der Waals surface area (Å²) in [6.07, 6.45) is 2.55. The Kier molecular flexibility index (Phi) is 15.5. The first-order valence-electron chi connectivity index (χ1n) is 8.82. The summed E-state index contributed by atoms with van der Waals surface area (Å²) in [4.78, 5) is 37.4. The summed E-state index contributed by atoms with van der Waals surface area (Å²) in [5.74, 6) is -3.71. The number of carboxylic acids is 2. The molecule has 0 amide bonds. The molecule has 170 valence electrons. The summed E-state index contributed by atoms with van der Waals surface area (Å²) in [6.45, 7) is 1.43. The van der Waals surface area contributed by atoms with Crippen LogP contribution in [0.1, 0.15) is 26.3 Å². The summed E-state index contributed by atoms with van der Waals surface area (Å²) < 4.78 is 5.33. The molecule has 0 radical (unpaired) electrons. The molecule has 0 aliphatic rings. The fourth-order valence-corrected chi connectivity index (χ4v) is 3.23. The number of aromatic hydroxyl groups is 1. The van der Waals surface area contributed by atoms with Crippen molar-refractivity contribution < 1.29 is 133 Å². The molecule has 0 spiro atoms. The number of H-pyrrole nitrogens is 1. The van der Waals surface area contributed by atoms with Crippen molar-refractivity contribution in [3.05, 3.63) is 69.8 Å². The third-order valence-electron chi connectivity index (χ3n) is 4.28. The van der Waals surface area contributed by atoms with Crippen LogP contribution in [0.5, 0.6) is 5.88 Å². The van der Waals surface area contributed by atoms with Crippen LogP contribution in [-0.2, 0) is 9.37 Å². The molecule has 2 N–H and O–H groups in total. The number of pyridine rings is 2. The second-order valence-electron chi connectivity index (χ2n) is 6.30. The van der Waals surface area contributed by atoms with E-state index in [0.29, 0.717) is 12.0 Å². The number of carbonyl (C=O) groups excluding carboxylic acids is 2. The van der Waals surface area contributed by atoms with Crippen molar-refractivity contribution in [1.29, 1.82) is 0 Å². The second-order valence-corrected chi connectivity index (χ2v) is 7.07. The number of nitrogens with one attached hydrogen (secondary N) is 1. The second kappa shape index (κ2) is 16.0. The van der Waals surface area contributed by atoms with Crippen LogP contribution in [0.2, 0.25) is 0 Å². The minimum Gasteiger partial charge on any atom is -0.691 e. The van der Waals surface area contributed by atoms with Crippen LogP contribution >= 0.6 is 12.0 Å². The molecule has 3 aromatic rings. The molecule has 17 heteroatoms. The molecular weight excluding hydrogens is 529 g/mol. The van der Waals surface area contributed by atoms with E-state index in [4.69, 9.17) is 0 Å². The number of hydrogen-bond donors (Lipinski definition) is 2. The Labute approximate surface area is 273 Å². The summed E-state index contributed by atoms with van der Waals surface area (Å²) in [6, 6.07) is 6.35. The number of aromatic nitrogens is 2. The van der Waals surface area contributed by atoms with Crippen molar-refractivity contribution in [3.8, 4) is 11.6 Å². The van der Waals surface area contributed by atoms with E-state index in [2.05, 4.69) is 24.6 Å². The topological polar surface area (TPSA) is 203 Å². The number of hydrogen-bond acceptors (Lipinski definition) is 12. The Morgan fingerprint density at radius 2 is 1.81 bits per heavy atom. The van der Waals surface area contributed by atoms with Crippen LogP contribution < -0.4 is 114 Å². The van der Waals surface area contributed by atoms with E-state index in [-0.39, 0.29) is 122 Å². The Balaban J connectivity index is 0.00000408. The van der Waals surface area contributed by atoms with Gasteiger partial charge in [-0.25, -0.2) is 0 Å². The minimum absolute atomic E-state index is 0. The van der Waals surface area contributed by atoms with Crippen LogP contribution in [0.25, 0.3) is 5.69 Å². The average Bonchev–Trinajstić information content (AvgIpc) is 2.77. The molecule has 13 nitrogen and oxygen atoms in total. The van der Waals surface area contributed by atoms with E-state index in [1.807, 2.05) is 0 Å². The van der Waals surface area contributed by atoms with E-state index in [9.17, 15) is 35.0 Å². The summed E-state index contributed by atoms with van der Waals surface area (Å²) in [7, 11) is 0. The largest absolute Gasteiger partial charge is 1.00 e. The van der Waals surface area contributed by atoms with E-state index >= 15 is 0 Å². The molecule has 3 rings (SSSR count). The predicted octanol–water partition coefficient (Wildman–Crippen LogP) is -9.95. The van der Waals surface area contributed by atoms with Gasteiger partial charge >= 0.3 is 94.2 Å². The van der Waals surface area contributed by atoms with Gasteiger partial charge in [-0.2, -0.15) is 8.90 Å². The van der Waals surface area contributed by atoms with Gasteiger partial charge in [0.25, 0.3) is 5.69 Å². The summed E-state index contributed by atoms with van der Waals surface area (Å²) in [5, 5.41) is 53.6. The first-order valence-corrected chi connectivity index (χ1v) is 9.56. The maximum atomic E-state index is 12.4. The number of aromatic amines is 1. The van der Waals surface area contributed by atoms with Gasteiger partial charge in [0.05, 0.1) is 40.8 Å². The molecule has 0 saturated heterocycles. The number of carboxylic acid groups (broad SMARTS) is 2. The molecule has 1 aromatic carbocycles. The SMILES string of the molecule is Cc1c(N=Nc2ccc(SOO[O-])cc2C(=O)[O-])c(O)[nH]c(=O)c1-[n+]1cccc(C(=O)[O-])c1.[Na+].[Na+].[Na+]. The number of aromatic carboxylic acids is 2. The zero-order valence-corrected chi connectivity index (χ0v) is 26.3. The maximum Gasteiger partial charge on any atom is 1.00 e. The van der Waals surface area contributed by atoms with Gasteiger partial charge < -0.3 is 30.2 Å². The number of nitrogens with zero attached hydrogens (tertiary/aromatic N) is 3. The molecule has 2 aromatic heterocycles. The molecule has 0 saturated carbocycles. The van der Waals surface area contributed by atoms with Crippen molar-refractivity contribution in [2.75, 3.05) is 0 Å². The zero-order chi connectivity index (χ0) is 24.1. The van der Waals surface area contributed by atoms with Gasteiger partial charge in [-0.15, -0.1) is 10.2 Å². The van der Waals surface area contributed by atoms with Gasteiger partial charge in [0.1, 0.15) is 0 Å². The van der Waals surface area contributed by atoms with Gasteiger partial charge in [-0.3, -0.25) is 14.8 Å². The van der Waals surface area contributed by atoms with Crippen LogP contribution in [0, 0.1) is 6.92 Å². The smallest absolute Gasteiger partial charge is 0.691 e. The molecular formula is C19H12N4Na3O9S+. The number of azo groups is 1. The number of carbonyl (C=O) groups is 2. The van der Waals surface area contributed by atoms with E-state index < -0.39 is 28.9 Å². The fourth-order valence-electron chi connectivity index (χ4n) is 2.83. The summed E-state index contributed by atoms with van der Waals surface area (Å²) >= 11 is 0.458. The van der Waals surface area contributed by atoms with Gasteiger partial charge in [0.2, 0.25) is 5.88 Å². The maximum absolute atomic E-state index is 12.4. The van der Waals surface area contributed by atoms with E-state index in [0.717, 1.165) is 12.3 Å². The molecule has 0 aliphatic heterocycles. The van der Waals surface area contributed by atoms with Gasteiger partial charge in [0, 0.05) is 16.5 Å². The van der Waals surface area contributed by atoms with Gasteiger partial charge in [-0.1, -0.05) is 0 Å². The normalized spacial score (nSPS) is 10.2.